The van der Waals surface area contributed by atoms with Crippen molar-refractivity contribution in [1.29, 1.82) is 0 Å². The molecule has 2 heterocycles. The minimum Gasteiger partial charge on any atom is -0.451 e. The van der Waals surface area contributed by atoms with Crippen LogP contribution in [-0.2, 0) is 4.79 Å². The second-order valence-electron chi connectivity index (χ2n) is 8.75. The second kappa shape index (κ2) is 10.5. The molecule has 178 valence electrons. The minimum atomic E-state index is -0.352. The van der Waals surface area contributed by atoms with E-state index in [-0.39, 0.29) is 17.6 Å². The number of benzene rings is 2. The molecule has 1 aliphatic heterocycles. The summed E-state index contributed by atoms with van der Waals surface area (Å²) in [4.78, 5) is 29.1. The standard InChI is InChI=1S/C26H27Cl2N3O3/c1-17(2)15-25(32)31-13-11-30(12-14-31)20-6-4-19(5-7-20)29-26(33)24-10-9-23(34-24)21-16-18(27)3-8-22(21)28/h3-10,16-17H,11-15H2,1-2H3,(H,29,33). The first-order valence-electron chi connectivity index (χ1n) is 11.3. The third-order valence-corrected chi connectivity index (χ3v) is 6.29. The predicted molar refractivity (Wildman–Crippen MR) is 137 cm³/mol. The molecule has 8 heteroatoms. The maximum absolute atomic E-state index is 12.7. The molecule has 2 amide bonds. The van der Waals surface area contributed by atoms with Crippen LogP contribution in [0.15, 0.2) is 59.0 Å². The van der Waals surface area contributed by atoms with E-state index in [0.717, 1.165) is 31.9 Å². The Bertz CT molecular complexity index is 1170. The molecule has 0 unspecified atom stereocenters. The Morgan fingerprint density at radius 1 is 0.971 bits per heavy atom. The molecule has 0 aliphatic carbocycles. The molecule has 4 rings (SSSR count). The third-order valence-electron chi connectivity index (χ3n) is 5.73. The SMILES string of the molecule is CC(C)CC(=O)N1CCN(c2ccc(NC(=O)c3ccc(-c4cc(Cl)ccc4Cl)o3)cc2)CC1. The Labute approximate surface area is 209 Å². The second-order valence-corrected chi connectivity index (χ2v) is 9.60. The van der Waals surface area contributed by atoms with E-state index < -0.39 is 0 Å². The number of amides is 2. The first-order valence-corrected chi connectivity index (χ1v) is 12.0. The summed E-state index contributed by atoms with van der Waals surface area (Å²) in [6.45, 7) is 7.15. The summed E-state index contributed by atoms with van der Waals surface area (Å²) in [5.41, 5.74) is 2.35. The average Bonchev–Trinajstić information content (AvgIpc) is 3.31. The van der Waals surface area contributed by atoms with Gasteiger partial charge in [-0.1, -0.05) is 37.0 Å². The van der Waals surface area contributed by atoms with Gasteiger partial charge in [0.2, 0.25) is 5.91 Å². The average molecular weight is 500 g/mol. The van der Waals surface area contributed by atoms with Crippen molar-refractivity contribution in [3.05, 3.63) is 70.4 Å². The lowest BCUT2D eigenvalue weighted by Crippen LogP contribution is -2.49. The normalized spacial score (nSPS) is 13.9. The van der Waals surface area contributed by atoms with Crippen LogP contribution in [0.3, 0.4) is 0 Å². The number of hydrogen-bond donors (Lipinski definition) is 1. The molecule has 0 atom stereocenters. The number of furan rings is 1. The maximum atomic E-state index is 12.7. The van der Waals surface area contributed by atoms with E-state index in [1.165, 1.54) is 0 Å². The van der Waals surface area contributed by atoms with Gasteiger partial charge in [-0.2, -0.15) is 0 Å². The molecule has 1 aromatic heterocycles. The number of anilines is 2. The minimum absolute atomic E-state index is 0.178. The van der Waals surface area contributed by atoms with Crippen LogP contribution in [-0.4, -0.2) is 42.9 Å². The van der Waals surface area contributed by atoms with Crippen molar-refractivity contribution in [2.45, 2.75) is 20.3 Å². The van der Waals surface area contributed by atoms with E-state index in [9.17, 15) is 9.59 Å². The lowest BCUT2D eigenvalue weighted by Gasteiger charge is -2.36. The predicted octanol–water partition coefficient (Wildman–Crippen LogP) is 6.20. The van der Waals surface area contributed by atoms with Crippen molar-refractivity contribution in [3.8, 4) is 11.3 Å². The Kier molecular flexibility index (Phi) is 7.49. The summed E-state index contributed by atoms with van der Waals surface area (Å²) in [6.07, 6.45) is 0.595. The van der Waals surface area contributed by atoms with Gasteiger partial charge in [0.15, 0.2) is 5.76 Å². The monoisotopic (exact) mass is 499 g/mol. The van der Waals surface area contributed by atoms with E-state index in [4.69, 9.17) is 27.6 Å². The molecule has 1 aliphatic rings. The number of rotatable bonds is 6. The number of nitrogens with one attached hydrogen (secondary N) is 1. The zero-order valence-corrected chi connectivity index (χ0v) is 20.7. The molecule has 1 saturated heterocycles. The summed E-state index contributed by atoms with van der Waals surface area (Å²) in [7, 11) is 0. The maximum Gasteiger partial charge on any atom is 0.291 e. The zero-order valence-electron chi connectivity index (χ0n) is 19.2. The molecule has 2 aromatic carbocycles. The van der Waals surface area contributed by atoms with Gasteiger partial charge in [-0.25, -0.2) is 0 Å². The Balaban J connectivity index is 1.35. The Morgan fingerprint density at radius 3 is 2.35 bits per heavy atom. The molecule has 3 aromatic rings. The van der Waals surface area contributed by atoms with Gasteiger partial charge in [-0.05, 0) is 60.5 Å². The molecule has 1 N–H and O–H groups in total. The number of nitrogens with zero attached hydrogens (tertiary/aromatic N) is 2. The lowest BCUT2D eigenvalue weighted by molar-refractivity contribution is -0.132. The zero-order chi connectivity index (χ0) is 24.2. The summed E-state index contributed by atoms with van der Waals surface area (Å²) in [5, 5.41) is 3.88. The lowest BCUT2D eigenvalue weighted by atomic mass is 10.1. The molecule has 0 saturated carbocycles. The summed E-state index contributed by atoms with van der Waals surface area (Å²) < 4.78 is 5.72. The van der Waals surface area contributed by atoms with Crippen molar-refractivity contribution in [2.24, 2.45) is 5.92 Å². The number of halogens is 2. The fraction of sp³-hybridized carbons (Fsp3) is 0.308. The van der Waals surface area contributed by atoms with Gasteiger partial charge in [0.25, 0.3) is 5.91 Å². The topological polar surface area (TPSA) is 65.8 Å². The number of hydrogen-bond acceptors (Lipinski definition) is 4. The molecule has 0 radical (unpaired) electrons. The van der Waals surface area contributed by atoms with Crippen molar-refractivity contribution in [1.82, 2.24) is 4.90 Å². The molecular weight excluding hydrogens is 473 g/mol. The van der Waals surface area contributed by atoms with Crippen LogP contribution < -0.4 is 10.2 Å². The number of carbonyl (C=O) groups is 2. The molecule has 0 spiro atoms. The summed E-state index contributed by atoms with van der Waals surface area (Å²) >= 11 is 12.3. The van der Waals surface area contributed by atoms with Gasteiger partial charge >= 0.3 is 0 Å². The van der Waals surface area contributed by atoms with Crippen molar-refractivity contribution < 1.29 is 14.0 Å². The van der Waals surface area contributed by atoms with Crippen molar-refractivity contribution in [2.75, 3.05) is 36.4 Å². The first-order chi connectivity index (χ1) is 16.3. The van der Waals surface area contributed by atoms with E-state index in [1.54, 1.807) is 30.3 Å². The van der Waals surface area contributed by atoms with Crippen molar-refractivity contribution >= 4 is 46.4 Å². The van der Waals surface area contributed by atoms with Crippen LogP contribution >= 0.6 is 23.2 Å². The summed E-state index contributed by atoms with van der Waals surface area (Å²) in [6, 6.07) is 16.1. The van der Waals surface area contributed by atoms with E-state index in [1.807, 2.05) is 29.2 Å². The van der Waals surface area contributed by atoms with E-state index >= 15 is 0 Å². The largest absolute Gasteiger partial charge is 0.451 e. The van der Waals surface area contributed by atoms with Crippen LogP contribution in [0.1, 0.15) is 30.8 Å². The van der Waals surface area contributed by atoms with Gasteiger partial charge in [-0.3, -0.25) is 9.59 Å². The van der Waals surface area contributed by atoms with Crippen LogP contribution in [0.5, 0.6) is 0 Å². The first kappa shape index (κ1) is 24.2. The third kappa shape index (κ3) is 5.75. The number of carbonyl (C=O) groups excluding carboxylic acids is 2. The molecule has 1 fully saturated rings. The fourth-order valence-electron chi connectivity index (χ4n) is 3.93. The Hall–Kier alpha value is -2.96. The fourth-order valence-corrected chi connectivity index (χ4v) is 4.31. The summed E-state index contributed by atoms with van der Waals surface area (Å²) in [5.74, 6) is 0.896. The van der Waals surface area contributed by atoms with Crippen LogP contribution in [0, 0.1) is 5.92 Å². The molecule has 0 bridgehead atoms. The highest BCUT2D eigenvalue weighted by Gasteiger charge is 2.22. The van der Waals surface area contributed by atoms with Gasteiger partial charge in [0, 0.05) is 54.6 Å². The van der Waals surface area contributed by atoms with Gasteiger partial charge in [0.05, 0.1) is 5.02 Å². The van der Waals surface area contributed by atoms with Gasteiger partial charge in [0.1, 0.15) is 5.76 Å². The van der Waals surface area contributed by atoms with Crippen molar-refractivity contribution in [3.63, 3.8) is 0 Å². The molecule has 6 nitrogen and oxygen atoms in total. The molecular formula is C26H27Cl2N3O3. The van der Waals surface area contributed by atoms with E-state index in [0.29, 0.717) is 39.4 Å². The number of piperazine rings is 1. The highest BCUT2D eigenvalue weighted by molar-refractivity contribution is 6.35. The highest BCUT2D eigenvalue weighted by Crippen LogP contribution is 2.32. The smallest absolute Gasteiger partial charge is 0.291 e. The quantitative estimate of drug-likeness (QED) is 0.438. The van der Waals surface area contributed by atoms with Crippen LogP contribution in [0.2, 0.25) is 10.0 Å². The molecule has 34 heavy (non-hydrogen) atoms. The van der Waals surface area contributed by atoms with E-state index in [2.05, 4.69) is 24.1 Å². The highest BCUT2D eigenvalue weighted by atomic mass is 35.5. The van der Waals surface area contributed by atoms with Gasteiger partial charge in [-0.15, -0.1) is 0 Å². The van der Waals surface area contributed by atoms with Crippen LogP contribution in [0.25, 0.3) is 11.3 Å². The van der Waals surface area contributed by atoms with Crippen LogP contribution in [0.4, 0.5) is 11.4 Å². The van der Waals surface area contributed by atoms with Gasteiger partial charge < -0.3 is 19.5 Å². The Morgan fingerprint density at radius 2 is 1.68 bits per heavy atom.